The monoisotopic (exact) mass is 296 g/mol. The Hall–Kier alpha value is -0.640. The second-order valence-corrected chi connectivity index (χ2v) is 6.67. The SMILES string of the molecule is NCC(NCC(C1CC1)C1CC1)c1cc(F)cc(Cl)c1. The Kier molecular flexibility index (Phi) is 4.29. The summed E-state index contributed by atoms with van der Waals surface area (Å²) in [5.41, 5.74) is 6.70. The molecule has 0 aromatic heterocycles. The molecular formula is C16H22ClFN2. The molecule has 0 radical (unpaired) electrons. The van der Waals surface area contributed by atoms with Gasteiger partial charge < -0.3 is 11.1 Å². The number of nitrogens with two attached hydrogens (primary N) is 1. The molecule has 0 aliphatic heterocycles. The maximum absolute atomic E-state index is 13.4. The van der Waals surface area contributed by atoms with Crippen LogP contribution in [0.2, 0.25) is 5.02 Å². The van der Waals surface area contributed by atoms with Gasteiger partial charge in [0.1, 0.15) is 5.82 Å². The van der Waals surface area contributed by atoms with Gasteiger partial charge in [-0.25, -0.2) is 4.39 Å². The molecule has 2 saturated carbocycles. The van der Waals surface area contributed by atoms with E-state index in [4.69, 9.17) is 17.3 Å². The summed E-state index contributed by atoms with van der Waals surface area (Å²) in [6, 6.07) is 4.65. The topological polar surface area (TPSA) is 38.0 Å². The molecule has 1 aromatic rings. The first kappa shape index (κ1) is 14.3. The van der Waals surface area contributed by atoms with Crippen LogP contribution in [0.25, 0.3) is 0 Å². The molecule has 0 saturated heterocycles. The van der Waals surface area contributed by atoms with Crippen molar-refractivity contribution in [2.24, 2.45) is 23.5 Å². The summed E-state index contributed by atoms with van der Waals surface area (Å²) in [6.07, 6.45) is 5.51. The Morgan fingerprint density at radius 3 is 2.35 bits per heavy atom. The van der Waals surface area contributed by atoms with Crippen molar-refractivity contribution in [3.8, 4) is 0 Å². The second kappa shape index (κ2) is 6.00. The minimum Gasteiger partial charge on any atom is -0.329 e. The van der Waals surface area contributed by atoms with E-state index < -0.39 is 0 Å². The van der Waals surface area contributed by atoms with Gasteiger partial charge in [-0.15, -0.1) is 0 Å². The van der Waals surface area contributed by atoms with Gasteiger partial charge in [-0.3, -0.25) is 0 Å². The standard InChI is InChI=1S/C16H22ClFN2/c17-13-5-12(6-14(18)7-13)16(8-19)20-9-15(10-1-2-10)11-3-4-11/h5-7,10-11,15-16,20H,1-4,8-9,19H2. The predicted octanol–water partition coefficient (Wildman–Crippen LogP) is 3.50. The lowest BCUT2D eigenvalue weighted by Gasteiger charge is -2.22. The Morgan fingerprint density at radius 2 is 1.85 bits per heavy atom. The van der Waals surface area contributed by atoms with E-state index in [0.29, 0.717) is 11.6 Å². The van der Waals surface area contributed by atoms with Crippen LogP contribution in [0.3, 0.4) is 0 Å². The molecule has 20 heavy (non-hydrogen) atoms. The molecule has 3 rings (SSSR count). The van der Waals surface area contributed by atoms with Crippen molar-refractivity contribution in [1.29, 1.82) is 0 Å². The summed E-state index contributed by atoms with van der Waals surface area (Å²) in [5, 5.41) is 3.96. The number of nitrogens with one attached hydrogen (secondary N) is 1. The second-order valence-electron chi connectivity index (χ2n) is 6.24. The third-order valence-corrected chi connectivity index (χ3v) is 4.80. The van der Waals surface area contributed by atoms with Crippen LogP contribution in [-0.4, -0.2) is 13.1 Å². The van der Waals surface area contributed by atoms with Crippen molar-refractivity contribution in [3.63, 3.8) is 0 Å². The van der Waals surface area contributed by atoms with Gasteiger partial charge in [-0.1, -0.05) is 11.6 Å². The van der Waals surface area contributed by atoms with E-state index in [1.54, 1.807) is 6.07 Å². The summed E-state index contributed by atoms with van der Waals surface area (Å²) in [6.45, 7) is 1.45. The molecule has 2 fully saturated rings. The summed E-state index contributed by atoms with van der Waals surface area (Å²) in [7, 11) is 0. The molecule has 0 amide bonds. The number of benzene rings is 1. The highest BCUT2D eigenvalue weighted by Crippen LogP contribution is 2.49. The van der Waals surface area contributed by atoms with Crippen LogP contribution in [0.1, 0.15) is 37.3 Å². The highest BCUT2D eigenvalue weighted by Gasteiger charge is 2.41. The van der Waals surface area contributed by atoms with Crippen LogP contribution >= 0.6 is 11.6 Å². The highest BCUT2D eigenvalue weighted by atomic mass is 35.5. The summed E-state index contributed by atoms with van der Waals surface area (Å²) < 4.78 is 13.4. The molecule has 2 aliphatic carbocycles. The van der Waals surface area contributed by atoms with E-state index in [9.17, 15) is 4.39 Å². The Bertz CT molecular complexity index is 439. The van der Waals surface area contributed by atoms with E-state index in [0.717, 1.165) is 29.9 Å². The molecule has 2 aliphatic rings. The first-order chi connectivity index (χ1) is 9.67. The van der Waals surface area contributed by atoms with Gasteiger partial charge in [0, 0.05) is 17.6 Å². The molecule has 0 bridgehead atoms. The zero-order chi connectivity index (χ0) is 14.1. The van der Waals surface area contributed by atoms with Crippen molar-refractivity contribution < 1.29 is 4.39 Å². The minimum atomic E-state index is -0.298. The molecule has 0 spiro atoms. The van der Waals surface area contributed by atoms with Crippen LogP contribution in [0.15, 0.2) is 18.2 Å². The number of halogens is 2. The maximum atomic E-state index is 13.4. The fourth-order valence-electron chi connectivity index (χ4n) is 3.16. The van der Waals surface area contributed by atoms with Gasteiger partial charge >= 0.3 is 0 Å². The van der Waals surface area contributed by atoms with Crippen LogP contribution in [0, 0.1) is 23.6 Å². The number of rotatable bonds is 7. The van der Waals surface area contributed by atoms with Gasteiger partial charge in [-0.2, -0.15) is 0 Å². The molecule has 0 heterocycles. The van der Waals surface area contributed by atoms with E-state index in [-0.39, 0.29) is 11.9 Å². The predicted molar refractivity (Wildman–Crippen MR) is 80.1 cm³/mol. The molecule has 2 nitrogen and oxygen atoms in total. The number of hydrogen-bond donors (Lipinski definition) is 2. The molecule has 1 atom stereocenters. The van der Waals surface area contributed by atoms with Crippen molar-refractivity contribution in [3.05, 3.63) is 34.6 Å². The molecule has 4 heteroatoms. The average molecular weight is 297 g/mol. The maximum Gasteiger partial charge on any atom is 0.125 e. The lowest BCUT2D eigenvalue weighted by molar-refractivity contribution is 0.357. The summed E-state index contributed by atoms with van der Waals surface area (Å²) in [5.74, 6) is 2.30. The molecule has 1 unspecified atom stereocenters. The normalized spacial score (nSPS) is 20.4. The molecule has 1 aromatic carbocycles. The first-order valence-corrected chi connectivity index (χ1v) is 7.94. The zero-order valence-corrected chi connectivity index (χ0v) is 12.4. The Balaban J connectivity index is 1.63. The largest absolute Gasteiger partial charge is 0.329 e. The fraction of sp³-hybridized carbons (Fsp3) is 0.625. The summed E-state index contributed by atoms with van der Waals surface area (Å²) >= 11 is 5.93. The van der Waals surface area contributed by atoms with Crippen LogP contribution in [-0.2, 0) is 0 Å². The third-order valence-electron chi connectivity index (χ3n) is 4.58. The molecule has 3 N–H and O–H groups in total. The Morgan fingerprint density at radius 1 is 1.20 bits per heavy atom. The van der Waals surface area contributed by atoms with E-state index in [1.165, 1.54) is 37.8 Å². The van der Waals surface area contributed by atoms with Crippen molar-refractivity contribution in [1.82, 2.24) is 5.32 Å². The lowest BCUT2D eigenvalue weighted by Crippen LogP contribution is -2.33. The average Bonchev–Trinajstić information content (AvgIpc) is 3.26. The quantitative estimate of drug-likeness (QED) is 0.808. The van der Waals surface area contributed by atoms with Gasteiger partial charge in [0.15, 0.2) is 0 Å². The van der Waals surface area contributed by atoms with E-state index >= 15 is 0 Å². The third kappa shape index (κ3) is 3.51. The van der Waals surface area contributed by atoms with Crippen LogP contribution in [0.4, 0.5) is 4.39 Å². The van der Waals surface area contributed by atoms with E-state index in [2.05, 4.69) is 5.32 Å². The van der Waals surface area contributed by atoms with Gasteiger partial charge in [0.2, 0.25) is 0 Å². The number of hydrogen-bond acceptors (Lipinski definition) is 2. The summed E-state index contributed by atoms with van der Waals surface area (Å²) in [4.78, 5) is 0. The smallest absolute Gasteiger partial charge is 0.125 e. The van der Waals surface area contributed by atoms with Crippen molar-refractivity contribution in [2.75, 3.05) is 13.1 Å². The van der Waals surface area contributed by atoms with Crippen molar-refractivity contribution >= 4 is 11.6 Å². The van der Waals surface area contributed by atoms with Crippen LogP contribution < -0.4 is 11.1 Å². The Labute approximate surface area is 124 Å². The zero-order valence-electron chi connectivity index (χ0n) is 11.6. The van der Waals surface area contributed by atoms with Gasteiger partial charge in [0.25, 0.3) is 0 Å². The first-order valence-electron chi connectivity index (χ1n) is 7.57. The van der Waals surface area contributed by atoms with Gasteiger partial charge in [-0.05, 0) is 73.7 Å². The minimum absolute atomic E-state index is 0.0109. The van der Waals surface area contributed by atoms with Crippen LogP contribution in [0.5, 0.6) is 0 Å². The van der Waals surface area contributed by atoms with Gasteiger partial charge in [0.05, 0.1) is 0 Å². The lowest BCUT2D eigenvalue weighted by atomic mass is 9.97. The van der Waals surface area contributed by atoms with E-state index in [1.807, 2.05) is 0 Å². The highest BCUT2D eigenvalue weighted by molar-refractivity contribution is 6.30. The molecular weight excluding hydrogens is 275 g/mol. The van der Waals surface area contributed by atoms with Crippen molar-refractivity contribution in [2.45, 2.75) is 31.7 Å². The molecule has 110 valence electrons. The fourth-order valence-corrected chi connectivity index (χ4v) is 3.39.